The van der Waals surface area contributed by atoms with Crippen LogP contribution in [0.1, 0.15) is 30.1 Å². The van der Waals surface area contributed by atoms with Gasteiger partial charge in [-0.3, -0.25) is 0 Å². The van der Waals surface area contributed by atoms with E-state index >= 15 is 0 Å². The van der Waals surface area contributed by atoms with Crippen molar-refractivity contribution in [3.8, 4) is 0 Å². The van der Waals surface area contributed by atoms with Gasteiger partial charge in [0.25, 0.3) is 0 Å². The Morgan fingerprint density at radius 3 is 2.73 bits per heavy atom. The van der Waals surface area contributed by atoms with E-state index in [1.54, 1.807) is 0 Å². The summed E-state index contributed by atoms with van der Waals surface area (Å²) in [6, 6.07) is 0. The second-order valence-corrected chi connectivity index (χ2v) is 4.65. The van der Waals surface area contributed by atoms with E-state index in [1.165, 1.54) is 30.8 Å². The van der Waals surface area contributed by atoms with Crippen molar-refractivity contribution >= 4 is 0 Å². The zero-order chi connectivity index (χ0) is 10.8. The molecule has 0 aliphatic carbocycles. The lowest BCUT2D eigenvalue weighted by atomic mass is 9.99. The molecule has 15 heavy (non-hydrogen) atoms. The van der Waals surface area contributed by atoms with Crippen LogP contribution in [0.3, 0.4) is 0 Å². The van der Waals surface area contributed by atoms with Crippen molar-refractivity contribution in [2.24, 2.45) is 5.92 Å². The quantitative estimate of drug-likeness (QED) is 0.801. The number of piperidine rings is 1. The van der Waals surface area contributed by atoms with E-state index in [4.69, 9.17) is 0 Å². The Hall–Kier alpha value is -0.830. The second kappa shape index (κ2) is 4.35. The molecule has 3 heteroatoms. The minimum atomic E-state index is 0.782. The van der Waals surface area contributed by atoms with Gasteiger partial charge in [-0.05, 0) is 52.6 Å². The molecule has 1 N–H and O–H groups in total. The van der Waals surface area contributed by atoms with Crippen molar-refractivity contribution < 1.29 is 0 Å². The van der Waals surface area contributed by atoms with Crippen LogP contribution in [0.5, 0.6) is 0 Å². The zero-order valence-electron chi connectivity index (χ0n) is 10.0. The van der Waals surface area contributed by atoms with Crippen LogP contribution in [0.4, 0.5) is 0 Å². The molecule has 0 bridgehead atoms. The van der Waals surface area contributed by atoms with Crippen molar-refractivity contribution in [1.82, 2.24) is 14.9 Å². The molecule has 0 saturated carbocycles. The SMILES string of the molecule is Cc1nc(C)n(C[C@@H]2CCCNC2)c1C. The summed E-state index contributed by atoms with van der Waals surface area (Å²) in [6.45, 7) is 9.86. The lowest BCUT2D eigenvalue weighted by molar-refractivity contribution is 0.333. The highest BCUT2D eigenvalue weighted by molar-refractivity contribution is 5.13. The molecule has 1 aromatic rings. The maximum absolute atomic E-state index is 4.52. The van der Waals surface area contributed by atoms with Crippen LogP contribution in [0.25, 0.3) is 0 Å². The Labute approximate surface area is 91.9 Å². The molecule has 1 atom stereocenters. The van der Waals surface area contributed by atoms with Gasteiger partial charge in [0, 0.05) is 12.2 Å². The number of hydrogen-bond donors (Lipinski definition) is 1. The van der Waals surface area contributed by atoms with Gasteiger partial charge in [0.15, 0.2) is 0 Å². The highest BCUT2D eigenvalue weighted by Gasteiger charge is 2.16. The standard InChI is InChI=1S/C12H21N3/c1-9-10(2)15(11(3)14-9)8-12-5-4-6-13-7-12/h12-13H,4-8H2,1-3H3/t12-/m1/s1. The smallest absolute Gasteiger partial charge is 0.106 e. The maximum atomic E-state index is 4.52. The number of nitrogens with one attached hydrogen (secondary N) is 1. The van der Waals surface area contributed by atoms with Gasteiger partial charge in [0.1, 0.15) is 5.82 Å². The molecule has 2 heterocycles. The topological polar surface area (TPSA) is 29.9 Å². The van der Waals surface area contributed by atoms with Gasteiger partial charge in [-0.2, -0.15) is 0 Å². The number of rotatable bonds is 2. The first-order valence-electron chi connectivity index (χ1n) is 5.89. The summed E-state index contributed by atoms with van der Waals surface area (Å²) < 4.78 is 2.37. The first-order chi connectivity index (χ1) is 7.18. The first-order valence-corrected chi connectivity index (χ1v) is 5.89. The van der Waals surface area contributed by atoms with E-state index in [1.807, 2.05) is 0 Å². The Bertz CT molecular complexity index is 335. The average Bonchev–Trinajstić information content (AvgIpc) is 2.47. The molecule has 0 aromatic carbocycles. The third-order valence-corrected chi connectivity index (χ3v) is 3.49. The molecule has 0 radical (unpaired) electrons. The van der Waals surface area contributed by atoms with Crippen molar-refractivity contribution in [2.45, 2.75) is 40.2 Å². The Kier molecular flexibility index (Phi) is 3.10. The summed E-state index contributed by atoms with van der Waals surface area (Å²) in [6.07, 6.45) is 2.67. The van der Waals surface area contributed by atoms with Crippen LogP contribution in [0.15, 0.2) is 0 Å². The van der Waals surface area contributed by atoms with Gasteiger partial charge in [-0.15, -0.1) is 0 Å². The van der Waals surface area contributed by atoms with Gasteiger partial charge >= 0.3 is 0 Å². The third-order valence-electron chi connectivity index (χ3n) is 3.49. The molecule has 3 nitrogen and oxygen atoms in total. The van der Waals surface area contributed by atoms with Crippen LogP contribution in [0.2, 0.25) is 0 Å². The van der Waals surface area contributed by atoms with Gasteiger partial charge in [-0.1, -0.05) is 0 Å². The van der Waals surface area contributed by atoms with E-state index in [2.05, 4.69) is 35.6 Å². The van der Waals surface area contributed by atoms with E-state index in [0.717, 1.165) is 24.8 Å². The molecule has 2 rings (SSSR count). The number of aromatic nitrogens is 2. The Balaban J connectivity index is 2.09. The Morgan fingerprint density at radius 2 is 2.20 bits per heavy atom. The predicted molar refractivity (Wildman–Crippen MR) is 62.0 cm³/mol. The number of nitrogens with zero attached hydrogens (tertiary/aromatic N) is 2. The van der Waals surface area contributed by atoms with Gasteiger partial charge in [-0.25, -0.2) is 4.98 Å². The highest BCUT2D eigenvalue weighted by Crippen LogP contribution is 2.16. The lowest BCUT2D eigenvalue weighted by Gasteiger charge is -2.24. The molecule has 84 valence electrons. The largest absolute Gasteiger partial charge is 0.332 e. The molecule has 0 amide bonds. The summed E-state index contributed by atoms with van der Waals surface area (Å²) in [7, 11) is 0. The fourth-order valence-electron chi connectivity index (χ4n) is 2.43. The number of hydrogen-bond acceptors (Lipinski definition) is 2. The van der Waals surface area contributed by atoms with Crippen LogP contribution in [0, 0.1) is 26.7 Å². The molecule has 1 aliphatic rings. The van der Waals surface area contributed by atoms with E-state index < -0.39 is 0 Å². The fraction of sp³-hybridized carbons (Fsp3) is 0.750. The van der Waals surface area contributed by atoms with Gasteiger partial charge < -0.3 is 9.88 Å². The maximum Gasteiger partial charge on any atom is 0.106 e. The number of aryl methyl sites for hydroxylation is 2. The van der Waals surface area contributed by atoms with Gasteiger partial charge in [0.05, 0.1) is 5.69 Å². The molecular weight excluding hydrogens is 186 g/mol. The number of imidazole rings is 1. The van der Waals surface area contributed by atoms with Crippen LogP contribution < -0.4 is 5.32 Å². The Morgan fingerprint density at radius 1 is 1.40 bits per heavy atom. The van der Waals surface area contributed by atoms with Crippen molar-refractivity contribution in [3.05, 3.63) is 17.2 Å². The predicted octanol–water partition coefficient (Wildman–Crippen LogP) is 1.81. The summed E-state index contributed by atoms with van der Waals surface area (Å²) in [5, 5.41) is 3.47. The van der Waals surface area contributed by atoms with E-state index in [9.17, 15) is 0 Å². The highest BCUT2D eigenvalue weighted by atomic mass is 15.1. The van der Waals surface area contributed by atoms with Crippen LogP contribution in [-0.4, -0.2) is 22.6 Å². The minimum absolute atomic E-state index is 0.782. The lowest BCUT2D eigenvalue weighted by Crippen LogP contribution is -2.32. The summed E-state index contributed by atoms with van der Waals surface area (Å²) in [5.74, 6) is 1.94. The van der Waals surface area contributed by atoms with Crippen LogP contribution >= 0.6 is 0 Å². The molecule has 0 spiro atoms. The third kappa shape index (κ3) is 2.23. The average molecular weight is 207 g/mol. The first kappa shape index (κ1) is 10.7. The minimum Gasteiger partial charge on any atom is -0.332 e. The van der Waals surface area contributed by atoms with E-state index in [-0.39, 0.29) is 0 Å². The monoisotopic (exact) mass is 207 g/mol. The van der Waals surface area contributed by atoms with Crippen molar-refractivity contribution in [1.29, 1.82) is 0 Å². The van der Waals surface area contributed by atoms with Crippen molar-refractivity contribution in [3.63, 3.8) is 0 Å². The molecule has 0 unspecified atom stereocenters. The second-order valence-electron chi connectivity index (χ2n) is 4.65. The molecule has 1 saturated heterocycles. The normalized spacial score (nSPS) is 21.9. The molecular formula is C12H21N3. The van der Waals surface area contributed by atoms with E-state index in [0.29, 0.717) is 0 Å². The summed E-state index contributed by atoms with van der Waals surface area (Å²) >= 11 is 0. The molecule has 1 fully saturated rings. The van der Waals surface area contributed by atoms with Gasteiger partial charge in [0.2, 0.25) is 0 Å². The fourth-order valence-corrected chi connectivity index (χ4v) is 2.43. The summed E-state index contributed by atoms with van der Waals surface area (Å²) in [4.78, 5) is 4.52. The molecule has 1 aliphatic heterocycles. The van der Waals surface area contributed by atoms with Crippen molar-refractivity contribution in [2.75, 3.05) is 13.1 Å². The summed E-state index contributed by atoms with van der Waals surface area (Å²) in [5.41, 5.74) is 2.51. The molecule has 1 aromatic heterocycles. The zero-order valence-corrected chi connectivity index (χ0v) is 10.0. The van der Waals surface area contributed by atoms with Crippen LogP contribution in [-0.2, 0) is 6.54 Å².